The third kappa shape index (κ3) is 5.30. The predicted octanol–water partition coefficient (Wildman–Crippen LogP) is 4.83. The molecule has 0 bridgehead atoms. The van der Waals surface area contributed by atoms with E-state index in [1.807, 2.05) is 5.32 Å². The van der Waals surface area contributed by atoms with Crippen molar-refractivity contribution in [1.29, 1.82) is 0 Å². The Morgan fingerprint density at radius 3 is 2.15 bits per heavy atom. The molecule has 186 valence electrons. The zero-order valence-corrected chi connectivity index (χ0v) is 18.7. The Labute approximate surface area is 191 Å². The molecule has 1 saturated heterocycles. The Bertz CT molecular complexity index is 1160. The SMILES string of the molecule is COc1ccc(C)c(S(=O)(=O)N2CCCC2C(=O)Nc2cc(C(F)(F)F)cc(C(F)(F)F)c2)c1. The van der Waals surface area contributed by atoms with Crippen molar-refractivity contribution in [3.63, 3.8) is 0 Å². The van der Waals surface area contributed by atoms with Crippen molar-refractivity contribution in [3.8, 4) is 5.75 Å². The van der Waals surface area contributed by atoms with Gasteiger partial charge in [0.25, 0.3) is 0 Å². The minimum atomic E-state index is -5.09. The van der Waals surface area contributed by atoms with Gasteiger partial charge in [0, 0.05) is 18.3 Å². The van der Waals surface area contributed by atoms with Crippen LogP contribution in [-0.4, -0.2) is 38.3 Å². The van der Waals surface area contributed by atoms with Gasteiger partial charge in [0.1, 0.15) is 11.8 Å². The number of anilines is 1. The molecule has 1 N–H and O–H groups in total. The second kappa shape index (κ2) is 9.10. The maximum absolute atomic E-state index is 13.3. The maximum Gasteiger partial charge on any atom is 0.416 e. The number of halogens is 6. The van der Waals surface area contributed by atoms with Crippen LogP contribution in [0.15, 0.2) is 41.3 Å². The fraction of sp³-hybridized carbons (Fsp3) is 0.381. The molecule has 1 aliphatic rings. The summed E-state index contributed by atoms with van der Waals surface area (Å²) >= 11 is 0. The number of rotatable bonds is 5. The minimum Gasteiger partial charge on any atom is -0.497 e. The van der Waals surface area contributed by atoms with Gasteiger partial charge in [0.05, 0.1) is 23.1 Å². The lowest BCUT2D eigenvalue weighted by atomic mass is 10.1. The third-order valence-corrected chi connectivity index (χ3v) is 7.39. The molecule has 2 aromatic carbocycles. The van der Waals surface area contributed by atoms with Gasteiger partial charge in [-0.3, -0.25) is 4.79 Å². The molecule has 13 heteroatoms. The Balaban J connectivity index is 1.94. The Morgan fingerprint density at radius 2 is 1.62 bits per heavy atom. The first-order valence-corrected chi connectivity index (χ1v) is 11.4. The molecule has 0 aliphatic carbocycles. The summed E-state index contributed by atoms with van der Waals surface area (Å²) in [6, 6.07) is 3.69. The summed E-state index contributed by atoms with van der Waals surface area (Å²) in [7, 11) is -2.87. The topological polar surface area (TPSA) is 75.7 Å². The molecule has 1 aliphatic heterocycles. The molecular weight excluding hydrogens is 490 g/mol. The molecule has 34 heavy (non-hydrogen) atoms. The van der Waals surface area contributed by atoms with E-state index >= 15 is 0 Å². The fourth-order valence-electron chi connectivity index (χ4n) is 3.65. The fourth-order valence-corrected chi connectivity index (χ4v) is 5.55. The van der Waals surface area contributed by atoms with Crippen LogP contribution in [0.2, 0.25) is 0 Å². The van der Waals surface area contributed by atoms with E-state index < -0.39 is 51.1 Å². The normalized spacial score (nSPS) is 17.6. The molecule has 0 aromatic heterocycles. The van der Waals surface area contributed by atoms with Crippen LogP contribution in [0.25, 0.3) is 0 Å². The number of nitrogens with zero attached hydrogens (tertiary/aromatic N) is 1. The molecule has 1 unspecified atom stereocenters. The van der Waals surface area contributed by atoms with Crippen LogP contribution in [-0.2, 0) is 27.2 Å². The number of sulfonamides is 1. The second-order valence-electron chi connectivity index (χ2n) is 7.69. The van der Waals surface area contributed by atoms with Crippen molar-refractivity contribution in [2.45, 2.75) is 43.1 Å². The van der Waals surface area contributed by atoms with E-state index in [-0.39, 0.29) is 36.1 Å². The number of amides is 1. The zero-order chi connectivity index (χ0) is 25.5. The highest BCUT2D eigenvalue weighted by Gasteiger charge is 2.41. The summed E-state index contributed by atoms with van der Waals surface area (Å²) in [5, 5.41) is 2.03. The van der Waals surface area contributed by atoms with Crippen molar-refractivity contribution in [3.05, 3.63) is 53.1 Å². The van der Waals surface area contributed by atoms with Gasteiger partial charge >= 0.3 is 12.4 Å². The van der Waals surface area contributed by atoms with Crippen molar-refractivity contribution < 1.29 is 44.3 Å². The van der Waals surface area contributed by atoms with Gasteiger partial charge in [-0.05, 0) is 49.6 Å². The number of hydrogen-bond acceptors (Lipinski definition) is 4. The van der Waals surface area contributed by atoms with Gasteiger partial charge in [0.2, 0.25) is 15.9 Å². The van der Waals surface area contributed by atoms with Crippen LogP contribution in [0.3, 0.4) is 0 Å². The lowest BCUT2D eigenvalue weighted by Crippen LogP contribution is -2.43. The highest BCUT2D eigenvalue weighted by Crippen LogP contribution is 2.38. The van der Waals surface area contributed by atoms with E-state index in [1.54, 1.807) is 13.0 Å². The summed E-state index contributed by atoms with van der Waals surface area (Å²) in [6.07, 6.45) is -9.86. The number of ether oxygens (including phenoxy) is 1. The number of carbonyl (C=O) groups excluding carboxylic acids is 1. The zero-order valence-electron chi connectivity index (χ0n) is 17.9. The van der Waals surface area contributed by atoms with E-state index in [1.165, 1.54) is 19.2 Å². The summed E-state index contributed by atoms with van der Waals surface area (Å²) < 4.78 is 111. The Morgan fingerprint density at radius 1 is 1.03 bits per heavy atom. The molecule has 0 saturated carbocycles. The van der Waals surface area contributed by atoms with E-state index in [0.29, 0.717) is 17.7 Å². The van der Waals surface area contributed by atoms with Gasteiger partial charge in [-0.25, -0.2) is 8.42 Å². The van der Waals surface area contributed by atoms with E-state index in [2.05, 4.69) is 0 Å². The highest BCUT2D eigenvalue weighted by molar-refractivity contribution is 7.89. The van der Waals surface area contributed by atoms with Gasteiger partial charge < -0.3 is 10.1 Å². The number of carbonyl (C=O) groups is 1. The quantitative estimate of drug-likeness (QED) is 0.585. The van der Waals surface area contributed by atoms with Crippen LogP contribution in [0.1, 0.15) is 29.5 Å². The lowest BCUT2D eigenvalue weighted by Gasteiger charge is -2.24. The Kier molecular flexibility index (Phi) is 6.91. The van der Waals surface area contributed by atoms with Gasteiger partial charge in [-0.15, -0.1) is 0 Å². The van der Waals surface area contributed by atoms with Crippen molar-refractivity contribution in [1.82, 2.24) is 4.31 Å². The van der Waals surface area contributed by atoms with E-state index in [4.69, 9.17) is 4.74 Å². The standard InChI is InChI=1S/C21H20F6N2O4S/c1-12-5-6-16(33-2)11-18(12)34(31,32)29-7-3-4-17(29)19(30)28-15-9-13(20(22,23)24)8-14(10-15)21(25,26)27/h5-6,8-11,17H,3-4,7H2,1-2H3,(H,28,30). The molecule has 1 amide bonds. The molecule has 0 radical (unpaired) electrons. The van der Waals surface area contributed by atoms with Crippen LogP contribution in [0.4, 0.5) is 32.0 Å². The molecule has 0 spiro atoms. The number of aryl methyl sites for hydroxylation is 1. The first kappa shape index (κ1) is 25.8. The first-order valence-electron chi connectivity index (χ1n) is 9.91. The van der Waals surface area contributed by atoms with E-state index in [0.717, 1.165) is 4.31 Å². The average Bonchev–Trinajstić information content (AvgIpc) is 3.23. The predicted molar refractivity (Wildman–Crippen MR) is 110 cm³/mol. The van der Waals surface area contributed by atoms with Gasteiger partial charge in [-0.1, -0.05) is 6.07 Å². The maximum atomic E-state index is 13.3. The van der Waals surface area contributed by atoms with Gasteiger partial charge in [-0.2, -0.15) is 30.6 Å². The smallest absolute Gasteiger partial charge is 0.416 e. The van der Waals surface area contributed by atoms with Crippen molar-refractivity contribution in [2.24, 2.45) is 0 Å². The molecular formula is C21H20F6N2O4S. The van der Waals surface area contributed by atoms with Gasteiger partial charge in [0.15, 0.2) is 0 Å². The monoisotopic (exact) mass is 510 g/mol. The molecule has 6 nitrogen and oxygen atoms in total. The van der Waals surface area contributed by atoms with Crippen LogP contribution >= 0.6 is 0 Å². The number of benzene rings is 2. The van der Waals surface area contributed by atoms with Crippen LogP contribution in [0.5, 0.6) is 5.75 Å². The average molecular weight is 510 g/mol. The third-order valence-electron chi connectivity index (χ3n) is 5.34. The number of nitrogens with one attached hydrogen (secondary N) is 1. The summed E-state index contributed by atoms with van der Waals surface area (Å²) in [5.74, 6) is -0.776. The van der Waals surface area contributed by atoms with Crippen LogP contribution < -0.4 is 10.1 Å². The number of hydrogen-bond donors (Lipinski definition) is 1. The summed E-state index contributed by atoms with van der Waals surface area (Å²) in [5.41, 5.74) is -3.56. The number of alkyl halides is 6. The molecule has 1 heterocycles. The Hall–Kier alpha value is -2.80. The lowest BCUT2D eigenvalue weighted by molar-refractivity contribution is -0.143. The minimum absolute atomic E-state index is 0.0408. The van der Waals surface area contributed by atoms with Crippen molar-refractivity contribution in [2.75, 3.05) is 19.0 Å². The molecule has 1 atom stereocenters. The number of methoxy groups -OCH3 is 1. The summed E-state index contributed by atoms with van der Waals surface area (Å²) in [4.78, 5) is 12.7. The van der Waals surface area contributed by atoms with Crippen LogP contribution in [0, 0.1) is 6.92 Å². The molecule has 1 fully saturated rings. The van der Waals surface area contributed by atoms with Crippen molar-refractivity contribution >= 4 is 21.6 Å². The molecule has 3 rings (SSSR count). The second-order valence-corrected chi connectivity index (χ2v) is 9.55. The largest absolute Gasteiger partial charge is 0.497 e. The van der Waals surface area contributed by atoms with E-state index in [9.17, 15) is 39.6 Å². The first-order chi connectivity index (χ1) is 15.6. The molecule has 2 aromatic rings. The summed E-state index contributed by atoms with van der Waals surface area (Å²) in [6.45, 7) is 1.49. The highest BCUT2D eigenvalue weighted by atomic mass is 32.2.